The fourth-order valence-electron chi connectivity index (χ4n) is 1.57. The summed E-state index contributed by atoms with van der Waals surface area (Å²) < 4.78 is 2.61. The van der Waals surface area contributed by atoms with Crippen LogP contribution in [0.5, 0.6) is 0 Å². The van der Waals surface area contributed by atoms with Gasteiger partial charge in [0.25, 0.3) is 0 Å². The van der Waals surface area contributed by atoms with Crippen molar-refractivity contribution in [2.24, 2.45) is 0 Å². The molecule has 108 valence electrons. The number of benzene rings is 2. The van der Waals surface area contributed by atoms with Gasteiger partial charge in [0.15, 0.2) is 0 Å². The highest BCUT2D eigenvalue weighted by atomic mass is 127. The molecule has 0 aromatic heterocycles. The van der Waals surface area contributed by atoms with E-state index in [9.17, 15) is 0 Å². The van der Waals surface area contributed by atoms with E-state index in [1.54, 1.807) is 0 Å². The third kappa shape index (κ3) is 6.32. The predicted octanol–water partition coefficient (Wildman–Crippen LogP) is 6.99. The lowest BCUT2D eigenvalue weighted by atomic mass is 10.1. The quantitative estimate of drug-likeness (QED) is 0.251. The van der Waals surface area contributed by atoms with E-state index < -0.39 is 0 Å². The van der Waals surface area contributed by atoms with E-state index in [-0.39, 0.29) is 0 Å². The summed E-state index contributed by atoms with van der Waals surface area (Å²) in [6.45, 7) is 4.26. The minimum atomic E-state index is 0.954. The molecule has 0 unspecified atom stereocenters. The average Bonchev–Trinajstić information content (AvgIpc) is 2.44. The van der Waals surface area contributed by atoms with Gasteiger partial charge in [-0.1, -0.05) is 44.0 Å². The Bertz CT molecular complexity index is 517. The van der Waals surface area contributed by atoms with Crippen molar-refractivity contribution < 1.29 is 0 Å². The van der Waals surface area contributed by atoms with Crippen LogP contribution in [-0.4, -0.2) is 0 Å². The summed E-state index contributed by atoms with van der Waals surface area (Å²) in [7, 11) is 0. The van der Waals surface area contributed by atoms with Gasteiger partial charge in [-0.25, -0.2) is 0 Å². The van der Waals surface area contributed by atoms with Crippen LogP contribution in [0, 0.1) is 21.0 Å². The summed E-state index contributed by atoms with van der Waals surface area (Å²) in [4.78, 5) is 0. The molecule has 4 heteroatoms. The van der Waals surface area contributed by atoms with Crippen LogP contribution in [0.4, 0.5) is 0 Å². The van der Waals surface area contributed by atoms with Gasteiger partial charge in [-0.3, -0.25) is 0 Å². The average molecular weight is 622 g/mol. The first-order valence-electron chi connectivity index (χ1n) is 6.10. The largest absolute Gasteiger partial charge is 0.0876 e. The van der Waals surface area contributed by atoms with Gasteiger partial charge in [0.1, 0.15) is 0 Å². The van der Waals surface area contributed by atoms with Crippen LogP contribution >= 0.6 is 77.0 Å². The Morgan fingerprint density at radius 2 is 1.10 bits per heavy atom. The van der Waals surface area contributed by atoms with Crippen LogP contribution in [0.2, 0.25) is 0 Å². The van der Waals surface area contributed by atoms with Gasteiger partial charge >= 0.3 is 0 Å². The van der Waals surface area contributed by atoms with Crippen molar-refractivity contribution >= 4 is 77.0 Å². The Morgan fingerprint density at radius 3 is 1.35 bits per heavy atom. The lowest BCUT2D eigenvalue weighted by Crippen LogP contribution is -1.84. The van der Waals surface area contributed by atoms with Gasteiger partial charge in [0.2, 0.25) is 0 Å². The van der Waals surface area contributed by atoms with Crippen molar-refractivity contribution in [1.82, 2.24) is 0 Å². The summed E-state index contributed by atoms with van der Waals surface area (Å²) >= 11 is 11.5. The second-order valence-electron chi connectivity index (χ2n) is 4.41. The second kappa shape index (κ2) is 9.79. The van der Waals surface area contributed by atoms with E-state index in [0.29, 0.717) is 0 Å². The smallest absolute Gasteiger partial charge is 0.0286 e. The van der Waals surface area contributed by atoms with Crippen LogP contribution < -0.4 is 0 Å². The van der Waals surface area contributed by atoms with E-state index in [1.807, 2.05) is 0 Å². The standard InChI is InChI=1S/2C8H8BrI/c2*1-6-2-3-8(10)4-7(6)5-9/h2*2-4H,5H2,1H3. The Hall–Kier alpha value is 0.860. The molecule has 20 heavy (non-hydrogen) atoms. The number of alkyl halides is 2. The van der Waals surface area contributed by atoms with Gasteiger partial charge in [0, 0.05) is 17.8 Å². The molecule has 0 heterocycles. The molecule has 0 aliphatic carbocycles. The summed E-state index contributed by atoms with van der Waals surface area (Å²) in [5.41, 5.74) is 5.48. The Morgan fingerprint density at radius 1 is 0.750 bits per heavy atom. The third-order valence-corrected chi connectivity index (χ3v) is 5.46. The van der Waals surface area contributed by atoms with E-state index >= 15 is 0 Å². The molecule has 0 bridgehead atoms. The van der Waals surface area contributed by atoms with E-state index in [1.165, 1.54) is 29.4 Å². The minimum Gasteiger partial charge on any atom is -0.0876 e. The number of rotatable bonds is 2. The zero-order chi connectivity index (χ0) is 15.1. The van der Waals surface area contributed by atoms with Crippen LogP contribution in [0.15, 0.2) is 36.4 Å². The number of aryl methyl sites for hydroxylation is 2. The van der Waals surface area contributed by atoms with E-state index in [2.05, 4.69) is 127 Å². The molecule has 2 aromatic rings. The van der Waals surface area contributed by atoms with E-state index in [0.717, 1.165) is 10.7 Å². The van der Waals surface area contributed by atoms with Crippen molar-refractivity contribution in [2.45, 2.75) is 24.5 Å². The van der Waals surface area contributed by atoms with Crippen molar-refractivity contribution in [1.29, 1.82) is 0 Å². The molecule has 0 amide bonds. The molecule has 0 nitrogen and oxygen atoms in total. The van der Waals surface area contributed by atoms with Crippen LogP contribution in [-0.2, 0) is 10.7 Å². The highest BCUT2D eigenvalue weighted by molar-refractivity contribution is 14.1. The number of hydrogen-bond acceptors (Lipinski definition) is 0. The highest BCUT2D eigenvalue weighted by Crippen LogP contribution is 2.16. The molecular weight excluding hydrogens is 606 g/mol. The first-order chi connectivity index (χ1) is 9.47. The van der Waals surface area contributed by atoms with Gasteiger partial charge in [0.05, 0.1) is 0 Å². The summed E-state index contributed by atoms with van der Waals surface area (Å²) in [6.07, 6.45) is 0. The maximum Gasteiger partial charge on any atom is 0.0286 e. The summed E-state index contributed by atoms with van der Waals surface area (Å²) in [5, 5.41) is 1.91. The fraction of sp³-hybridized carbons (Fsp3) is 0.250. The maximum atomic E-state index is 3.44. The molecule has 0 saturated carbocycles. The van der Waals surface area contributed by atoms with Crippen LogP contribution in [0.25, 0.3) is 0 Å². The topological polar surface area (TPSA) is 0 Å². The highest BCUT2D eigenvalue weighted by Gasteiger charge is 1.96. The molecule has 0 N–H and O–H groups in total. The predicted molar refractivity (Wildman–Crippen MR) is 113 cm³/mol. The molecule has 2 rings (SSSR count). The Labute approximate surface area is 165 Å². The third-order valence-electron chi connectivity index (χ3n) is 2.91. The molecule has 0 radical (unpaired) electrons. The van der Waals surface area contributed by atoms with Gasteiger partial charge in [-0.05, 0) is 106 Å². The monoisotopic (exact) mass is 620 g/mol. The minimum absolute atomic E-state index is 0.954. The zero-order valence-corrected chi connectivity index (χ0v) is 18.9. The molecule has 0 aliphatic rings. The van der Waals surface area contributed by atoms with Crippen LogP contribution in [0.1, 0.15) is 22.3 Å². The number of halogens is 4. The molecule has 0 spiro atoms. The van der Waals surface area contributed by atoms with Gasteiger partial charge < -0.3 is 0 Å². The molecule has 0 saturated heterocycles. The first kappa shape index (κ1) is 18.9. The summed E-state index contributed by atoms with van der Waals surface area (Å²) in [5.74, 6) is 0. The van der Waals surface area contributed by atoms with Gasteiger partial charge in [-0.15, -0.1) is 0 Å². The molecule has 0 atom stereocenters. The lowest BCUT2D eigenvalue weighted by Gasteiger charge is -2.00. The van der Waals surface area contributed by atoms with Crippen molar-refractivity contribution in [3.63, 3.8) is 0 Å². The second-order valence-corrected chi connectivity index (χ2v) is 8.02. The Balaban J connectivity index is 0.000000200. The SMILES string of the molecule is Cc1ccc(I)cc1CBr.Cc1ccc(I)cc1CBr. The first-order valence-corrected chi connectivity index (χ1v) is 10.5. The molecule has 0 fully saturated rings. The van der Waals surface area contributed by atoms with E-state index in [4.69, 9.17) is 0 Å². The van der Waals surface area contributed by atoms with Crippen molar-refractivity contribution in [3.05, 3.63) is 65.8 Å². The Kier molecular flexibility index (Phi) is 9.26. The lowest BCUT2D eigenvalue weighted by molar-refractivity contribution is 1.31. The molecule has 2 aromatic carbocycles. The van der Waals surface area contributed by atoms with Crippen LogP contribution in [0.3, 0.4) is 0 Å². The normalized spacial score (nSPS) is 9.90. The van der Waals surface area contributed by atoms with Gasteiger partial charge in [-0.2, -0.15) is 0 Å². The summed E-state index contributed by atoms with van der Waals surface area (Å²) in [6, 6.07) is 13.0. The van der Waals surface area contributed by atoms with Crippen molar-refractivity contribution in [3.8, 4) is 0 Å². The zero-order valence-electron chi connectivity index (χ0n) is 11.4. The number of hydrogen-bond donors (Lipinski definition) is 0. The van der Waals surface area contributed by atoms with Crippen molar-refractivity contribution in [2.75, 3.05) is 0 Å². The maximum absolute atomic E-state index is 3.44. The molecule has 0 aliphatic heterocycles. The molecular formula is C16H16Br2I2. The fourth-order valence-corrected chi connectivity index (χ4v) is 3.89.